The average Bonchev–Trinajstić information content (AvgIpc) is 2.87. The van der Waals surface area contributed by atoms with Crippen molar-refractivity contribution in [3.8, 4) is 0 Å². The van der Waals surface area contributed by atoms with Gasteiger partial charge in [-0.2, -0.15) is 0 Å². The van der Waals surface area contributed by atoms with Crippen LogP contribution >= 0.6 is 11.3 Å². The Morgan fingerprint density at radius 1 is 1.24 bits per heavy atom. The summed E-state index contributed by atoms with van der Waals surface area (Å²) in [5.41, 5.74) is -0.174. The highest BCUT2D eigenvalue weighted by Gasteiger charge is 2.18. The maximum atomic E-state index is 12.1. The zero-order chi connectivity index (χ0) is 15.6. The minimum atomic E-state index is -3.83. The van der Waals surface area contributed by atoms with E-state index in [1.54, 1.807) is 0 Å². The number of non-ortho nitro benzene ring substituents is 1. The topological polar surface area (TPSA) is 115 Å². The third-order valence-electron chi connectivity index (χ3n) is 2.51. The molecule has 21 heavy (non-hydrogen) atoms. The second-order valence-corrected chi connectivity index (χ2v) is 7.15. The molecule has 0 aliphatic carbocycles. The van der Waals surface area contributed by atoms with Crippen molar-refractivity contribution in [1.82, 2.24) is 10.2 Å². The Morgan fingerprint density at radius 2 is 1.86 bits per heavy atom. The van der Waals surface area contributed by atoms with E-state index >= 15 is 0 Å². The van der Waals surface area contributed by atoms with Crippen LogP contribution in [0.5, 0.6) is 0 Å². The number of sulfonamides is 1. The van der Waals surface area contributed by atoms with E-state index in [1.807, 2.05) is 13.8 Å². The summed E-state index contributed by atoms with van der Waals surface area (Å²) < 4.78 is 26.5. The van der Waals surface area contributed by atoms with Crippen LogP contribution in [-0.2, 0) is 10.0 Å². The molecule has 2 aromatic rings. The van der Waals surface area contributed by atoms with E-state index in [0.717, 1.165) is 28.5 Å². The van der Waals surface area contributed by atoms with Crippen molar-refractivity contribution >= 4 is 32.2 Å². The highest BCUT2D eigenvalue weighted by atomic mass is 32.2. The smallest absolute Gasteiger partial charge is 0.258 e. The monoisotopic (exact) mass is 328 g/mol. The van der Waals surface area contributed by atoms with Gasteiger partial charge in [-0.15, -0.1) is 10.2 Å². The molecule has 0 saturated heterocycles. The second-order valence-electron chi connectivity index (χ2n) is 4.46. The summed E-state index contributed by atoms with van der Waals surface area (Å²) >= 11 is 1.15. The standard InChI is InChI=1S/C11H12N4O4S2/c1-7(2)10-12-13-11(20-10)14-21(18,19)9-5-3-8(4-6-9)15(16)17/h3-7H,1-2H3,(H,13,14). The first-order valence-electron chi connectivity index (χ1n) is 5.90. The van der Waals surface area contributed by atoms with E-state index in [-0.39, 0.29) is 21.6 Å². The molecule has 0 bridgehead atoms. The summed E-state index contributed by atoms with van der Waals surface area (Å²) in [5.74, 6) is 0.153. The number of anilines is 1. The minimum absolute atomic E-state index is 0.0746. The van der Waals surface area contributed by atoms with Crippen molar-refractivity contribution in [1.29, 1.82) is 0 Å². The number of rotatable bonds is 5. The zero-order valence-corrected chi connectivity index (χ0v) is 12.8. The lowest BCUT2D eigenvalue weighted by Crippen LogP contribution is -2.12. The molecule has 112 valence electrons. The van der Waals surface area contributed by atoms with Crippen LogP contribution in [0.2, 0.25) is 0 Å². The van der Waals surface area contributed by atoms with Crippen LogP contribution in [0.15, 0.2) is 29.2 Å². The molecule has 0 atom stereocenters. The highest BCUT2D eigenvalue weighted by Crippen LogP contribution is 2.25. The van der Waals surface area contributed by atoms with Gasteiger partial charge in [-0.3, -0.25) is 14.8 Å². The van der Waals surface area contributed by atoms with Gasteiger partial charge in [0.05, 0.1) is 9.82 Å². The SMILES string of the molecule is CC(C)c1nnc(NS(=O)(=O)c2ccc([N+](=O)[O-])cc2)s1. The van der Waals surface area contributed by atoms with E-state index < -0.39 is 14.9 Å². The van der Waals surface area contributed by atoms with Crippen LogP contribution in [-0.4, -0.2) is 23.5 Å². The van der Waals surface area contributed by atoms with Crippen molar-refractivity contribution in [3.63, 3.8) is 0 Å². The largest absolute Gasteiger partial charge is 0.269 e. The van der Waals surface area contributed by atoms with Gasteiger partial charge in [0.1, 0.15) is 5.01 Å². The Balaban J connectivity index is 2.22. The van der Waals surface area contributed by atoms with E-state index in [2.05, 4.69) is 14.9 Å². The molecular formula is C11H12N4O4S2. The summed E-state index contributed by atoms with van der Waals surface area (Å²) in [6.45, 7) is 3.85. The number of aromatic nitrogens is 2. The fourth-order valence-electron chi connectivity index (χ4n) is 1.43. The molecule has 1 aromatic carbocycles. The van der Waals surface area contributed by atoms with Gasteiger partial charge in [0.15, 0.2) is 0 Å². The van der Waals surface area contributed by atoms with E-state index in [0.29, 0.717) is 0 Å². The van der Waals surface area contributed by atoms with Crippen molar-refractivity contribution in [2.24, 2.45) is 0 Å². The van der Waals surface area contributed by atoms with Gasteiger partial charge >= 0.3 is 0 Å². The second kappa shape index (κ2) is 5.74. The fraction of sp³-hybridized carbons (Fsp3) is 0.273. The first kappa shape index (κ1) is 15.3. The number of nitrogens with zero attached hydrogens (tertiary/aromatic N) is 3. The molecule has 0 aliphatic rings. The fourth-order valence-corrected chi connectivity index (χ4v) is 3.41. The van der Waals surface area contributed by atoms with Crippen LogP contribution in [0.4, 0.5) is 10.8 Å². The molecule has 0 saturated carbocycles. The van der Waals surface area contributed by atoms with Crippen molar-refractivity contribution in [3.05, 3.63) is 39.4 Å². The molecule has 0 radical (unpaired) electrons. The maximum absolute atomic E-state index is 12.1. The van der Waals surface area contributed by atoms with Crippen molar-refractivity contribution < 1.29 is 13.3 Å². The predicted molar refractivity (Wildman–Crippen MR) is 77.9 cm³/mol. The van der Waals surface area contributed by atoms with Gasteiger partial charge < -0.3 is 0 Å². The minimum Gasteiger partial charge on any atom is -0.258 e. The lowest BCUT2D eigenvalue weighted by Gasteiger charge is -2.04. The zero-order valence-electron chi connectivity index (χ0n) is 11.2. The summed E-state index contributed by atoms with van der Waals surface area (Å²) in [6, 6.07) is 4.61. The average molecular weight is 328 g/mol. The molecule has 0 amide bonds. The number of nitrogens with one attached hydrogen (secondary N) is 1. The lowest BCUT2D eigenvalue weighted by molar-refractivity contribution is -0.384. The molecule has 1 heterocycles. The van der Waals surface area contributed by atoms with Crippen LogP contribution in [0.1, 0.15) is 24.8 Å². The Labute approximate surface area is 125 Å². The number of nitro groups is 1. The van der Waals surface area contributed by atoms with Gasteiger partial charge in [-0.25, -0.2) is 8.42 Å². The third-order valence-corrected chi connectivity index (χ3v) is 5.14. The number of nitro benzene ring substituents is 1. The van der Waals surface area contributed by atoms with Crippen LogP contribution in [0, 0.1) is 10.1 Å². The summed E-state index contributed by atoms with van der Waals surface area (Å²) in [4.78, 5) is 9.87. The van der Waals surface area contributed by atoms with Crippen molar-refractivity contribution in [2.45, 2.75) is 24.7 Å². The number of hydrogen-bond acceptors (Lipinski definition) is 7. The van der Waals surface area contributed by atoms with Crippen LogP contribution in [0.25, 0.3) is 0 Å². The molecule has 0 spiro atoms. The van der Waals surface area contributed by atoms with E-state index in [4.69, 9.17) is 0 Å². The van der Waals surface area contributed by atoms with Gasteiger partial charge in [0.2, 0.25) is 5.13 Å². The molecule has 2 rings (SSSR count). The first-order chi connectivity index (χ1) is 9.79. The van der Waals surface area contributed by atoms with Gasteiger partial charge in [0.25, 0.3) is 15.7 Å². The van der Waals surface area contributed by atoms with Gasteiger partial charge in [-0.05, 0) is 12.1 Å². The van der Waals surface area contributed by atoms with Crippen LogP contribution in [0.3, 0.4) is 0 Å². The van der Waals surface area contributed by atoms with Gasteiger partial charge in [0, 0.05) is 18.1 Å². The highest BCUT2D eigenvalue weighted by molar-refractivity contribution is 7.93. The first-order valence-corrected chi connectivity index (χ1v) is 8.20. The molecule has 0 unspecified atom stereocenters. The van der Waals surface area contributed by atoms with Crippen LogP contribution < -0.4 is 4.72 Å². The normalized spacial score (nSPS) is 11.6. The van der Waals surface area contributed by atoms with E-state index in [9.17, 15) is 18.5 Å². The molecule has 1 N–H and O–H groups in total. The summed E-state index contributed by atoms with van der Waals surface area (Å²) in [7, 11) is -3.83. The predicted octanol–water partition coefficient (Wildman–Crippen LogP) is 2.37. The molecule has 0 aliphatic heterocycles. The van der Waals surface area contributed by atoms with E-state index in [1.165, 1.54) is 12.1 Å². The number of hydrogen-bond donors (Lipinski definition) is 1. The van der Waals surface area contributed by atoms with Gasteiger partial charge in [-0.1, -0.05) is 25.2 Å². The Bertz CT molecular complexity index is 753. The lowest BCUT2D eigenvalue weighted by atomic mass is 10.2. The molecule has 1 aromatic heterocycles. The summed E-state index contributed by atoms with van der Waals surface area (Å²) in [6.07, 6.45) is 0. The third kappa shape index (κ3) is 3.52. The Kier molecular flexibility index (Phi) is 4.19. The Morgan fingerprint density at radius 3 is 2.33 bits per heavy atom. The molecule has 10 heteroatoms. The summed E-state index contributed by atoms with van der Waals surface area (Å²) in [5, 5.41) is 19.1. The molecule has 8 nitrogen and oxygen atoms in total. The number of benzene rings is 1. The quantitative estimate of drug-likeness (QED) is 0.665. The van der Waals surface area contributed by atoms with Crippen molar-refractivity contribution in [2.75, 3.05) is 4.72 Å². The molecule has 0 fully saturated rings. The molecular weight excluding hydrogens is 316 g/mol. The maximum Gasteiger partial charge on any atom is 0.269 e. The Hall–Kier alpha value is -2.07.